The molecular formula is C30H45NSi. The van der Waals surface area contributed by atoms with E-state index >= 15 is 0 Å². The molecule has 2 heteroatoms. The first-order valence-corrected chi connectivity index (χ1v) is 15.1. The average Bonchev–Trinajstić information content (AvgIpc) is 3.08. The fraction of sp³-hybridized carbons (Fsp3) is 0.600. The smallest absolute Gasteiger partial charge is 0.196 e. The molecule has 0 saturated heterocycles. The Hall–Kier alpha value is -1.38. The van der Waals surface area contributed by atoms with Crippen molar-refractivity contribution in [1.82, 2.24) is 4.57 Å². The third-order valence-corrected chi connectivity index (χ3v) is 15.0. The standard InChI is InChI=1S/C30H45NSi/c1-8-31(30(5,6)7)32(26-17-13-22(2)14-18-26,27-19-15-23(3)16-20-27)29-24(4)21-25-11-9-10-12-28(25)29/h13-20,24-25,28-29H,8-12,21H2,1-7H3. The predicted molar refractivity (Wildman–Crippen MR) is 142 cm³/mol. The normalized spacial score (nSPS) is 26.4. The first-order chi connectivity index (χ1) is 15.2. The van der Waals surface area contributed by atoms with Crippen LogP contribution >= 0.6 is 0 Å². The molecule has 0 N–H and O–H groups in total. The summed E-state index contributed by atoms with van der Waals surface area (Å²) in [6, 6.07) is 19.5. The van der Waals surface area contributed by atoms with E-state index < -0.39 is 8.24 Å². The summed E-state index contributed by atoms with van der Waals surface area (Å²) < 4.78 is 2.99. The molecule has 4 unspecified atom stereocenters. The molecule has 2 aromatic carbocycles. The van der Waals surface area contributed by atoms with E-state index in [4.69, 9.17) is 0 Å². The number of rotatable bonds is 5. The van der Waals surface area contributed by atoms with Gasteiger partial charge in [-0.05, 0) is 81.3 Å². The first-order valence-electron chi connectivity index (χ1n) is 13.1. The van der Waals surface area contributed by atoms with Gasteiger partial charge in [0.2, 0.25) is 0 Å². The van der Waals surface area contributed by atoms with Crippen LogP contribution in [0.25, 0.3) is 0 Å². The third-order valence-electron chi connectivity index (χ3n) is 8.73. The van der Waals surface area contributed by atoms with E-state index in [2.05, 4.69) is 102 Å². The highest BCUT2D eigenvalue weighted by Crippen LogP contribution is 2.56. The molecule has 4 atom stereocenters. The molecule has 0 heterocycles. The number of hydrogen-bond donors (Lipinski definition) is 0. The Labute approximate surface area is 198 Å². The summed E-state index contributed by atoms with van der Waals surface area (Å²) in [6.07, 6.45) is 7.20. The molecule has 0 spiro atoms. The maximum absolute atomic E-state index is 2.99. The van der Waals surface area contributed by atoms with Gasteiger partial charge in [-0.3, -0.25) is 0 Å². The molecule has 2 aliphatic carbocycles. The molecule has 1 nitrogen and oxygen atoms in total. The van der Waals surface area contributed by atoms with Crippen molar-refractivity contribution in [2.45, 2.75) is 91.7 Å². The van der Waals surface area contributed by atoms with Gasteiger partial charge in [-0.25, -0.2) is 0 Å². The molecule has 0 aromatic heterocycles. The minimum absolute atomic E-state index is 0.128. The highest BCUT2D eigenvalue weighted by Gasteiger charge is 2.59. The molecule has 0 aliphatic heterocycles. The number of fused-ring (bicyclic) bond motifs is 1. The lowest BCUT2D eigenvalue weighted by Crippen LogP contribution is -2.77. The summed E-state index contributed by atoms with van der Waals surface area (Å²) in [4.78, 5) is 0. The van der Waals surface area contributed by atoms with Crippen LogP contribution in [0.4, 0.5) is 0 Å². The van der Waals surface area contributed by atoms with E-state index in [1.165, 1.54) is 43.2 Å². The van der Waals surface area contributed by atoms with Gasteiger partial charge in [-0.15, -0.1) is 0 Å². The Morgan fingerprint density at radius 3 is 1.81 bits per heavy atom. The van der Waals surface area contributed by atoms with Gasteiger partial charge in [0.1, 0.15) is 0 Å². The van der Waals surface area contributed by atoms with Crippen LogP contribution in [0.15, 0.2) is 48.5 Å². The quantitative estimate of drug-likeness (QED) is 0.461. The van der Waals surface area contributed by atoms with E-state index in [1.807, 2.05) is 0 Å². The molecule has 2 aliphatic rings. The van der Waals surface area contributed by atoms with Crippen molar-refractivity contribution in [3.63, 3.8) is 0 Å². The van der Waals surface area contributed by atoms with Crippen molar-refractivity contribution in [2.24, 2.45) is 17.8 Å². The first kappa shape index (κ1) is 23.8. The van der Waals surface area contributed by atoms with Gasteiger partial charge in [0, 0.05) is 5.54 Å². The number of nitrogens with zero attached hydrogens (tertiary/aromatic N) is 1. The van der Waals surface area contributed by atoms with E-state index in [0.29, 0.717) is 0 Å². The summed E-state index contributed by atoms with van der Waals surface area (Å²) in [5.41, 5.74) is 3.64. The number of aryl methyl sites for hydroxylation is 2. The molecule has 0 amide bonds. The van der Waals surface area contributed by atoms with Crippen LogP contribution in [0.1, 0.15) is 77.8 Å². The Balaban J connectivity index is 2.04. The Bertz CT molecular complexity index is 846. The maximum Gasteiger partial charge on any atom is 0.196 e. The lowest BCUT2D eigenvalue weighted by Gasteiger charge is -2.55. The van der Waals surface area contributed by atoms with Gasteiger partial charge in [-0.2, -0.15) is 0 Å². The zero-order valence-corrected chi connectivity index (χ0v) is 22.6. The Kier molecular flexibility index (Phi) is 6.76. The van der Waals surface area contributed by atoms with Gasteiger partial charge in [0.25, 0.3) is 0 Å². The van der Waals surface area contributed by atoms with Gasteiger partial charge >= 0.3 is 0 Å². The molecule has 2 saturated carbocycles. The molecule has 0 bridgehead atoms. The van der Waals surface area contributed by atoms with Gasteiger partial charge in [0.05, 0.1) is 0 Å². The molecule has 174 valence electrons. The van der Waals surface area contributed by atoms with Gasteiger partial charge < -0.3 is 4.57 Å². The van der Waals surface area contributed by atoms with Crippen molar-refractivity contribution in [3.05, 3.63) is 59.7 Å². The summed E-state index contributed by atoms with van der Waals surface area (Å²) in [5, 5.41) is 3.26. The Morgan fingerprint density at radius 1 is 0.844 bits per heavy atom. The fourth-order valence-corrected chi connectivity index (χ4v) is 14.7. The van der Waals surface area contributed by atoms with Crippen molar-refractivity contribution in [3.8, 4) is 0 Å². The van der Waals surface area contributed by atoms with Crippen molar-refractivity contribution >= 4 is 18.6 Å². The van der Waals surface area contributed by atoms with Crippen LogP contribution in [0.5, 0.6) is 0 Å². The van der Waals surface area contributed by atoms with Crippen LogP contribution in [-0.4, -0.2) is 24.9 Å². The van der Waals surface area contributed by atoms with E-state index in [-0.39, 0.29) is 5.54 Å². The van der Waals surface area contributed by atoms with Crippen molar-refractivity contribution in [1.29, 1.82) is 0 Å². The lowest BCUT2D eigenvalue weighted by molar-refractivity contribution is 0.231. The third kappa shape index (κ3) is 4.03. The van der Waals surface area contributed by atoms with Crippen LogP contribution in [0.3, 0.4) is 0 Å². The summed E-state index contributed by atoms with van der Waals surface area (Å²) in [6.45, 7) is 18.0. The minimum atomic E-state index is -2.26. The van der Waals surface area contributed by atoms with E-state index in [1.54, 1.807) is 10.4 Å². The number of hydrogen-bond acceptors (Lipinski definition) is 1. The Morgan fingerprint density at radius 2 is 1.34 bits per heavy atom. The summed E-state index contributed by atoms with van der Waals surface area (Å²) in [7, 11) is -2.26. The maximum atomic E-state index is 2.99. The zero-order valence-electron chi connectivity index (χ0n) is 21.6. The van der Waals surface area contributed by atoms with Crippen molar-refractivity contribution < 1.29 is 0 Å². The summed E-state index contributed by atoms with van der Waals surface area (Å²) in [5.74, 6) is 2.60. The highest BCUT2D eigenvalue weighted by atomic mass is 28.3. The van der Waals surface area contributed by atoms with Crippen LogP contribution in [0, 0.1) is 31.6 Å². The molecule has 2 aromatic rings. The molecule has 2 fully saturated rings. The second-order valence-electron chi connectivity index (χ2n) is 11.9. The van der Waals surface area contributed by atoms with E-state index in [0.717, 1.165) is 29.8 Å². The van der Waals surface area contributed by atoms with Crippen LogP contribution in [0.2, 0.25) is 5.54 Å². The lowest BCUT2D eigenvalue weighted by atomic mass is 9.82. The second kappa shape index (κ2) is 9.10. The molecule has 4 rings (SSSR count). The summed E-state index contributed by atoms with van der Waals surface area (Å²) >= 11 is 0. The monoisotopic (exact) mass is 447 g/mol. The largest absolute Gasteiger partial charge is 0.312 e. The molecule has 32 heavy (non-hydrogen) atoms. The second-order valence-corrected chi connectivity index (χ2v) is 15.8. The van der Waals surface area contributed by atoms with Crippen molar-refractivity contribution in [2.75, 3.05) is 6.54 Å². The minimum Gasteiger partial charge on any atom is -0.312 e. The molecular weight excluding hydrogens is 402 g/mol. The predicted octanol–water partition coefficient (Wildman–Crippen LogP) is 6.70. The topological polar surface area (TPSA) is 3.24 Å². The molecule has 0 radical (unpaired) electrons. The SMILES string of the molecule is CCN(C(C)(C)C)[Si](c1ccc(C)cc1)(c1ccc(C)cc1)C1C(C)CC2CCCCC21. The van der Waals surface area contributed by atoms with Crippen LogP contribution in [-0.2, 0) is 0 Å². The average molecular weight is 448 g/mol. The van der Waals surface area contributed by atoms with Gasteiger partial charge in [-0.1, -0.05) is 99.2 Å². The highest BCUT2D eigenvalue weighted by molar-refractivity contribution is 7.01. The van der Waals surface area contributed by atoms with E-state index in [9.17, 15) is 0 Å². The number of benzene rings is 2. The zero-order chi connectivity index (χ0) is 23.1. The fourth-order valence-electron chi connectivity index (χ4n) is 7.68. The van der Waals surface area contributed by atoms with Gasteiger partial charge in [0.15, 0.2) is 8.24 Å². The van der Waals surface area contributed by atoms with Crippen LogP contribution < -0.4 is 10.4 Å².